The van der Waals surface area contributed by atoms with Crippen molar-refractivity contribution >= 4 is 11.8 Å². The molecule has 0 radical (unpaired) electrons. The van der Waals surface area contributed by atoms with Gasteiger partial charge in [0.2, 0.25) is 11.8 Å². The van der Waals surface area contributed by atoms with E-state index in [0.717, 1.165) is 19.5 Å². The number of rotatable bonds is 4. The van der Waals surface area contributed by atoms with Crippen LogP contribution in [-0.2, 0) is 9.59 Å². The molecule has 5 heteroatoms. The first-order chi connectivity index (χ1) is 10.6. The van der Waals surface area contributed by atoms with Crippen molar-refractivity contribution in [1.29, 1.82) is 0 Å². The van der Waals surface area contributed by atoms with Gasteiger partial charge < -0.3 is 15.5 Å². The Kier molecular flexibility index (Phi) is 4.43. The van der Waals surface area contributed by atoms with E-state index in [1.807, 2.05) is 18.2 Å². The molecule has 22 heavy (non-hydrogen) atoms. The zero-order chi connectivity index (χ0) is 15.5. The van der Waals surface area contributed by atoms with E-state index in [1.54, 1.807) is 11.8 Å². The quantitative estimate of drug-likeness (QED) is 0.867. The molecule has 118 valence electrons. The third-order valence-corrected chi connectivity index (χ3v) is 4.50. The molecule has 1 aromatic carbocycles. The summed E-state index contributed by atoms with van der Waals surface area (Å²) in [6.07, 6.45) is 1.45. The molecule has 1 aliphatic carbocycles. The number of amides is 2. The summed E-state index contributed by atoms with van der Waals surface area (Å²) in [5.41, 5.74) is 1.30. The summed E-state index contributed by atoms with van der Waals surface area (Å²) in [6, 6.07) is 10.6. The van der Waals surface area contributed by atoms with Crippen molar-refractivity contribution in [3.05, 3.63) is 35.9 Å². The number of hydrogen-bond donors (Lipinski definition) is 2. The molecule has 5 nitrogen and oxygen atoms in total. The molecule has 3 unspecified atom stereocenters. The Morgan fingerprint density at radius 1 is 1.32 bits per heavy atom. The fraction of sp³-hybridized carbons (Fsp3) is 0.529. The molecule has 2 amide bonds. The smallest absolute Gasteiger partial charge is 0.221 e. The Labute approximate surface area is 131 Å². The summed E-state index contributed by atoms with van der Waals surface area (Å²) in [6.45, 7) is 3.69. The van der Waals surface area contributed by atoms with Gasteiger partial charge >= 0.3 is 0 Å². The van der Waals surface area contributed by atoms with E-state index in [9.17, 15) is 9.59 Å². The molecular formula is C17H23N3O2. The van der Waals surface area contributed by atoms with Crippen LogP contribution in [0.4, 0.5) is 0 Å². The van der Waals surface area contributed by atoms with Crippen LogP contribution in [0.1, 0.15) is 31.2 Å². The first-order valence-corrected chi connectivity index (χ1v) is 7.96. The van der Waals surface area contributed by atoms with Crippen LogP contribution in [0.15, 0.2) is 30.3 Å². The molecule has 1 saturated heterocycles. The summed E-state index contributed by atoms with van der Waals surface area (Å²) in [4.78, 5) is 25.4. The molecule has 0 aromatic heterocycles. The van der Waals surface area contributed by atoms with Crippen molar-refractivity contribution in [3.63, 3.8) is 0 Å². The minimum absolute atomic E-state index is 0.0616. The van der Waals surface area contributed by atoms with E-state index < -0.39 is 0 Å². The molecule has 2 fully saturated rings. The summed E-state index contributed by atoms with van der Waals surface area (Å²) in [5, 5.41) is 6.43. The second-order valence-corrected chi connectivity index (χ2v) is 6.25. The Morgan fingerprint density at radius 2 is 2.09 bits per heavy atom. The fourth-order valence-electron chi connectivity index (χ4n) is 3.16. The monoisotopic (exact) mass is 301 g/mol. The lowest BCUT2D eigenvalue weighted by Gasteiger charge is -2.32. The Hall–Kier alpha value is -1.88. The fourth-order valence-corrected chi connectivity index (χ4v) is 3.16. The Bertz CT molecular complexity index is 546. The molecule has 2 N–H and O–H groups in total. The molecule has 0 spiro atoms. The van der Waals surface area contributed by atoms with Crippen LogP contribution in [0, 0.1) is 0 Å². The zero-order valence-electron chi connectivity index (χ0n) is 12.9. The van der Waals surface area contributed by atoms with E-state index in [1.165, 1.54) is 5.56 Å². The number of carbonyl (C=O) groups is 2. The first-order valence-electron chi connectivity index (χ1n) is 7.96. The van der Waals surface area contributed by atoms with Gasteiger partial charge in [0.25, 0.3) is 0 Å². The number of nitrogens with one attached hydrogen (secondary N) is 2. The van der Waals surface area contributed by atoms with Crippen molar-refractivity contribution in [2.24, 2.45) is 0 Å². The highest BCUT2D eigenvalue weighted by atomic mass is 16.2. The van der Waals surface area contributed by atoms with Gasteiger partial charge in [-0.25, -0.2) is 0 Å². The van der Waals surface area contributed by atoms with Crippen LogP contribution in [0.25, 0.3) is 0 Å². The van der Waals surface area contributed by atoms with Crippen molar-refractivity contribution in [1.82, 2.24) is 15.5 Å². The second kappa shape index (κ2) is 6.48. The molecule has 1 heterocycles. The molecular weight excluding hydrogens is 278 g/mol. The van der Waals surface area contributed by atoms with Crippen LogP contribution >= 0.6 is 0 Å². The number of hydrogen-bond acceptors (Lipinski definition) is 3. The predicted octanol–water partition coefficient (Wildman–Crippen LogP) is 0.869. The average molecular weight is 301 g/mol. The lowest BCUT2D eigenvalue weighted by molar-refractivity contribution is -0.131. The average Bonchev–Trinajstić information content (AvgIpc) is 3.27. The summed E-state index contributed by atoms with van der Waals surface area (Å²) >= 11 is 0. The summed E-state index contributed by atoms with van der Waals surface area (Å²) in [7, 11) is 0. The first kappa shape index (κ1) is 15.0. The minimum atomic E-state index is 0.0616. The molecule has 1 saturated carbocycles. The predicted molar refractivity (Wildman–Crippen MR) is 84.4 cm³/mol. The Balaban J connectivity index is 1.45. The van der Waals surface area contributed by atoms with E-state index in [0.29, 0.717) is 18.9 Å². The maximum atomic E-state index is 12.2. The lowest BCUT2D eigenvalue weighted by atomic mass is 10.1. The van der Waals surface area contributed by atoms with E-state index in [-0.39, 0.29) is 23.9 Å². The summed E-state index contributed by atoms with van der Waals surface area (Å²) in [5.74, 6) is 0.614. The molecule has 3 rings (SSSR count). The number of carbonyl (C=O) groups excluding carboxylic acids is 2. The zero-order valence-corrected chi connectivity index (χ0v) is 12.9. The molecule has 1 aromatic rings. The van der Waals surface area contributed by atoms with Crippen LogP contribution in [-0.4, -0.2) is 48.4 Å². The van der Waals surface area contributed by atoms with Crippen LogP contribution < -0.4 is 10.6 Å². The lowest BCUT2D eigenvalue weighted by Crippen LogP contribution is -2.53. The minimum Gasteiger partial charge on any atom is -0.353 e. The van der Waals surface area contributed by atoms with Crippen molar-refractivity contribution in [2.75, 3.05) is 19.6 Å². The SMILES string of the molecule is CC(=O)N1CCNC(CC(=O)NC2CC2c2ccccc2)C1. The second-order valence-electron chi connectivity index (χ2n) is 6.25. The van der Waals surface area contributed by atoms with Crippen LogP contribution in [0.5, 0.6) is 0 Å². The van der Waals surface area contributed by atoms with E-state index in [4.69, 9.17) is 0 Å². The van der Waals surface area contributed by atoms with Crippen LogP contribution in [0.3, 0.4) is 0 Å². The highest BCUT2D eigenvalue weighted by Gasteiger charge is 2.39. The highest BCUT2D eigenvalue weighted by Crippen LogP contribution is 2.40. The molecule has 0 bridgehead atoms. The maximum Gasteiger partial charge on any atom is 0.221 e. The Morgan fingerprint density at radius 3 is 2.82 bits per heavy atom. The van der Waals surface area contributed by atoms with Crippen molar-refractivity contribution in [2.45, 2.75) is 37.8 Å². The highest BCUT2D eigenvalue weighted by molar-refractivity contribution is 5.78. The number of benzene rings is 1. The standard InChI is InChI=1S/C17H23N3O2/c1-12(21)20-8-7-18-14(11-20)9-17(22)19-16-10-15(16)13-5-3-2-4-6-13/h2-6,14-16,18H,7-11H2,1H3,(H,19,22). The van der Waals surface area contributed by atoms with Gasteiger partial charge in [0.15, 0.2) is 0 Å². The van der Waals surface area contributed by atoms with E-state index in [2.05, 4.69) is 22.8 Å². The van der Waals surface area contributed by atoms with E-state index >= 15 is 0 Å². The normalized spacial score (nSPS) is 27.3. The third-order valence-electron chi connectivity index (χ3n) is 4.50. The topological polar surface area (TPSA) is 61.4 Å². The number of nitrogens with zero attached hydrogens (tertiary/aromatic N) is 1. The molecule has 1 aliphatic heterocycles. The van der Waals surface area contributed by atoms with Gasteiger partial charge in [0.1, 0.15) is 0 Å². The van der Waals surface area contributed by atoms with Crippen LogP contribution in [0.2, 0.25) is 0 Å². The van der Waals surface area contributed by atoms with Gasteiger partial charge in [-0.1, -0.05) is 30.3 Å². The number of piperazine rings is 1. The van der Waals surface area contributed by atoms with Crippen molar-refractivity contribution in [3.8, 4) is 0 Å². The molecule has 3 atom stereocenters. The molecule has 2 aliphatic rings. The van der Waals surface area contributed by atoms with Gasteiger partial charge in [0.05, 0.1) is 0 Å². The maximum absolute atomic E-state index is 12.2. The van der Waals surface area contributed by atoms with Gasteiger partial charge in [0, 0.05) is 51.0 Å². The van der Waals surface area contributed by atoms with Gasteiger partial charge in [-0.3, -0.25) is 9.59 Å². The third kappa shape index (κ3) is 3.65. The van der Waals surface area contributed by atoms with Crippen molar-refractivity contribution < 1.29 is 9.59 Å². The van der Waals surface area contributed by atoms with Gasteiger partial charge in [-0.2, -0.15) is 0 Å². The van der Waals surface area contributed by atoms with Gasteiger partial charge in [-0.05, 0) is 12.0 Å². The summed E-state index contributed by atoms with van der Waals surface area (Å²) < 4.78 is 0. The largest absolute Gasteiger partial charge is 0.353 e. The van der Waals surface area contributed by atoms with Gasteiger partial charge in [-0.15, -0.1) is 0 Å².